The van der Waals surface area contributed by atoms with Crippen molar-refractivity contribution < 1.29 is 29.5 Å². The van der Waals surface area contributed by atoms with Crippen LogP contribution in [0.3, 0.4) is 0 Å². The molecule has 1 unspecified atom stereocenters. The van der Waals surface area contributed by atoms with E-state index >= 15 is 0 Å². The fourth-order valence-electron chi connectivity index (χ4n) is 0. The molecule has 0 heterocycles. The molecule has 0 aromatic carbocycles. The SMILES string of the molecule is NOS(=O)[O-].[Ni]. The maximum Gasteiger partial charge on any atom is 0.105 e. The van der Waals surface area contributed by atoms with Crippen LogP contribution in [0.25, 0.3) is 0 Å². The molecule has 0 saturated heterocycles. The Hall–Kier alpha value is 0.524. The van der Waals surface area contributed by atoms with Gasteiger partial charge < -0.3 is 4.55 Å². The molecule has 6 heteroatoms. The standard InChI is InChI=1S/H3NO3S.Ni/c1-4-5(2)3;/h1H2,(H,2,3);/p-1. The minimum Gasteiger partial charge on any atom is -0.748 e. The summed E-state index contributed by atoms with van der Waals surface area (Å²) in [5.74, 6) is 4.06. The molecule has 0 aromatic rings. The Kier molecular flexibility index (Phi) is 8.95. The smallest absolute Gasteiger partial charge is 0.105 e. The molecule has 0 bridgehead atoms. The van der Waals surface area contributed by atoms with Gasteiger partial charge in [0.15, 0.2) is 0 Å². The Morgan fingerprint density at radius 3 is 2.00 bits per heavy atom. The molecule has 0 aliphatic carbocycles. The molecule has 0 rings (SSSR count). The van der Waals surface area contributed by atoms with E-state index in [-0.39, 0.29) is 16.5 Å². The van der Waals surface area contributed by atoms with Crippen LogP contribution < -0.4 is 5.90 Å². The molecule has 1 atom stereocenters. The second-order valence-electron chi connectivity index (χ2n) is 0.300. The molecule has 0 aliphatic heterocycles. The van der Waals surface area contributed by atoms with Gasteiger partial charge in [-0.1, -0.05) is 0 Å². The van der Waals surface area contributed by atoms with Gasteiger partial charge >= 0.3 is 0 Å². The van der Waals surface area contributed by atoms with Gasteiger partial charge in [0, 0.05) is 16.5 Å². The van der Waals surface area contributed by atoms with Crippen LogP contribution >= 0.6 is 0 Å². The Morgan fingerprint density at radius 2 is 2.00 bits per heavy atom. The van der Waals surface area contributed by atoms with Crippen LogP contribution in [-0.2, 0) is 32.1 Å². The largest absolute Gasteiger partial charge is 0.748 e. The van der Waals surface area contributed by atoms with Gasteiger partial charge in [-0.2, -0.15) is 0 Å². The zero-order valence-electron chi connectivity index (χ0n) is 2.53. The minimum absolute atomic E-state index is 0. The summed E-state index contributed by atoms with van der Waals surface area (Å²) in [6.45, 7) is 0. The van der Waals surface area contributed by atoms with E-state index in [9.17, 15) is 0 Å². The van der Waals surface area contributed by atoms with E-state index < -0.39 is 11.4 Å². The molecule has 0 aromatic heterocycles. The summed E-state index contributed by atoms with van der Waals surface area (Å²) in [6.07, 6.45) is 0. The fraction of sp³-hybridized carbons (Fsp3) is 0. The van der Waals surface area contributed by atoms with Gasteiger partial charge in [0.25, 0.3) is 0 Å². The first kappa shape index (κ1) is 9.73. The van der Waals surface area contributed by atoms with E-state index in [2.05, 4.69) is 10.2 Å². The first-order chi connectivity index (χ1) is 2.27. The summed E-state index contributed by atoms with van der Waals surface area (Å²) in [4.78, 5) is 0. The number of hydrogen-bond acceptors (Lipinski definition) is 4. The van der Waals surface area contributed by atoms with E-state index in [4.69, 9.17) is 8.76 Å². The number of rotatable bonds is 1. The third kappa shape index (κ3) is 8.82. The van der Waals surface area contributed by atoms with E-state index in [1.165, 1.54) is 0 Å². The first-order valence-corrected chi connectivity index (χ1v) is 1.74. The quantitative estimate of drug-likeness (QED) is 0.289. The molecule has 42 valence electrons. The third-order valence-corrected chi connectivity index (χ3v) is 0.236. The molecule has 6 heavy (non-hydrogen) atoms. The number of hydrogen-bond donors (Lipinski definition) is 1. The Bertz CT molecular complexity index is 46.1. The molecule has 2 N–H and O–H groups in total. The Balaban J connectivity index is 0. The van der Waals surface area contributed by atoms with Crippen molar-refractivity contribution in [3.05, 3.63) is 0 Å². The summed E-state index contributed by atoms with van der Waals surface area (Å²) in [5.41, 5.74) is 0. The summed E-state index contributed by atoms with van der Waals surface area (Å²) >= 11 is -2.54. The molecule has 0 amide bonds. The van der Waals surface area contributed by atoms with Crippen LogP contribution in [0.15, 0.2) is 0 Å². The van der Waals surface area contributed by atoms with Gasteiger partial charge in [-0.05, 0) is 0 Å². The van der Waals surface area contributed by atoms with Gasteiger partial charge in [-0.3, -0.25) is 0 Å². The second-order valence-corrected chi connectivity index (χ2v) is 0.901. The van der Waals surface area contributed by atoms with Gasteiger partial charge in [0.2, 0.25) is 0 Å². The summed E-state index contributed by atoms with van der Waals surface area (Å²) in [5, 5.41) is 0. The molecule has 0 saturated carbocycles. The fourth-order valence-corrected chi connectivity index (χ4v) is 0. The first-order valence-electron chi connectivity index (χ1n) is 0.736. The maximum atomic E-state index is 9.02. The molecular formula is H2NNiO3S-. The molecule has 4 nitrogen and oxygen atoms in total. The molecular weight excluding hydrogens is 153 g/mol. The molecule has 0 fully saturated rings. The van der Waals surface area contributed by atoms with Crippen molar-refractivity contribution in [3.63, 3.8) is 0 Å². The van der Waals surface area contributed by atoms with Gasteiger partial charge in [-0.25, -0.2) is 14.4 Å². The van der Waals surface area contributed by atoms with Crippen LogP contribution in [0.1, 0.15) is 0 Å². The van der Waals surface area contributed by atoms with E-state index in [0.29, 0.717) is 0 Å². The topological polar surface area (TPSA) is 75.4 Å². The zero-order valence-corrected chi connectivity index (χ0v) is 4.33. The normalized spacial score (nSPS) is 12.3. The van der Waals surface area contributed by atoms with Crippen LogP contribution in [0, 0.1) is 0 Å². The predicted octanol–water partition coefficient (Wildman–Crippen LogP) is -1.33. The monoisotopic (exact) mass is 154 g/mol. The summed E-state index contributed by atoms with van der Waals surface area (Å²) < 4.78 is 21.2. The third-order valence-electron chi connectivity index (χ3n) is 0.0786. The van der Waals surface area contributed by atoms with Crippen molar-refractivity contribution in [2.75, 3.05) is 0 Å². The van der Waals surface area contributed by atoms with Gasteiger partial charge in [0.05, 0.1) is 0 Å². The van der Waals surface area contributed by atoms with Crippen molar-refractivity contribution in [2.45, 2.75) is 0 Å². The van der Waals surface area contributed by atoms with Crippen LogP contribution in [-0.4, -0.2) is 8.76 Å². The predicted molar refractivity (Wildman–Crippen MR) is 14.2 cm³/mol. The average Bonchev–Trinajstić information content (AvgIpc) is 1.38. The summed E-state index contributed by atoms with van der Waals surface area (Å²) in [7, 11) is 0. The Morgan fingerprint density at radius 1 is 1.83 bits per heavy atom. The summed E-state index contributed by atoms with van der Waals surface area (Å²) in [6, 6.07) is 0. The molecule has 0 radical (unpaired) electrons. The van der Waals surface area contributed by atoms with E-state index in [1.54, 1.807) is 0 Å². The van der Waals surface area contributed by atoms with Crippen LogP contribution in [0.2, 0.25) is 0 Å². The Labute approximate surface area is 47.4 Å². The van der Waals surface area contributed by atoms with Crippen molar-refractivity contribution >= 4 is 11.4 Å². The average molecular weight is 155 g/mol. The van der Waals surface area contributed by atoms with Crippen molar-refractivity contribution in [1.82, 2.24) is 0 Å². The van der Waals surface area contributed by atoms with E-state index in [0.717, 1.165) is 0 Å². The second kappa shape index (κ2) is 5.52. The molecule has 0 aliphatic rings. The minimum atomic E-state index is -2.54. The van der Waals surface area contributed by atoms with E-state index in [1.807, 2.05) is 0 Å². The van der Waals surface area contributed by atoms with Crippen LogP contribution in [0.4, 0.5) is 0 Å². The number of nitrogens with two attached hydrogens (primary N) is 1. The zero-order chi connectivity index (χ0) is 4.28. The van der Waals surface area contributed by atoms with Crippen LogP contribution in [0.5, 0.6) is 0 Å². The van der Waals surface area contributed by atoms with Gasteiger partial charge in [0.1, 0.15) is 11.4 Å². The molecule has 0 spiro atoms. The van der Waals surface area contributed by atoms with Crippen molar-refractivity contribution in [2.24, 2.45) is 5.90 Å². The van der Waals surface area contributed by atoms with Gasteiger partial charge in [-0.15, -0.1) is 0 Å². The van der Waals surface area contributed by atoms with Crippen molar-refractivity contribution in [1.29, 1.82) is 0 Å². The maximum absolute atomic E-state index is 9.02. The van der Waals surface area contributed by atoms with Crippen molar-refractivity contribution in [3.8, 4) is 0 Å².